The topological polar surface area (TPSA) is 63.0 Å². The highest BCUT2D eigenvalue weighted by Gasteiger charge is 2.12. The summed E-state index contributed by atoms with van der Waals surface area (Å²) in [5.74, 6) is 0.720. The fourth-order valence-corrected chi connectivity index (χ4v) is 1.56. The van der Waals surface area contributed by atoms with E-state index in [-0.39, 0.29) is 0 Å². The zero-order valence-electron chi connectivity index (χ0n) is 7.49. The lowest BCUT2D eigenvalue weighted by Crippen LogP contribution is -2.33. The SMILES string of the molecule is c1nc(CNCC2CCCN2)no1. The highest BCUT2D eigenvalue weighted by molar-refractivity contribution is 4.80. The van der Waals surface area contributed by atoms with Gasteiger partial charge in [-0.15, -0.1) is 0 Å². The third-order valence-corrected chi connectivity index (χ3v) is 2.24. The van der Waals surface area contributed by atoms with E-state index >= 15 is 0 Å². The molecule has 5 nitrogen and oxygen atoms in total. The number of nitrogens with zero attached hydrogens (tertiary/aromatic N) is 2. The molecule has 1 unspecified atom stereocenters. The molecule has 0 aliphatic carbocycles. The summed E-state index contributed by atoms with van der Waals surface area (Å²) in [5, 5.41) is 10.4. The minimum atomic E-state index is 0.618. The number of aromatic nitrogens is 2. The van der Waals surface area contributed by atoms with E-state index in [0.29, 0.717) is 12.6 Å². The Morgan fingerprint density at radius 3 is 3.38 bits per heavy atom. The van der Waals surface area contributed by atoms with Crippen molar-refractivity contribution in [3.05, 3.63) is 12.2 Å². The first kappa shape index (κ1) is 8.65. The first-order valence-electron chi connectivity index (χ1n) is 4.64. The first-order chi connectivity index (χ1) is 6.45. The Labute approximate surface area is 76.9 Å². The lowest BCUT2D eigenvalue weighted by Gasteiger charge is -2.09. The van der Waals surface area contributed by atoms with Crippen molar-refractivity contribution in [2.24, 2.45) is 0 Å². The molecule has 2 rings (SSSR count). The summed E-state index contributed by atoms with van der Waals surface area (Å²) in [5.41, 5.74) is 0. The van der Waals surface area contributed by atoms with Gasteiger partial charge in [0.1, 0.15) is 0 Å². The lowest BCUT2D eigenvalue weighted by atomic mass is 10.2. The molecule has 0 saturated carbocycles. The van der Waals surface area contributed by atoms with Gasteiger partial charge in [-0.1, -0.05) is 5.16 Å². The molecule has 2 N–H and O–H groups in total. The number of hydrogen-bond acceptors (Lipinski definition) is 5. The fourth-order valence-electron chi connectivity index (χ4n) is 1.56. The van der Waals surface area contributed by atoms with Crippen LogP contribution in [0, 0.1) is 0 Å². The Morgan fingerprint density at radius 1 is 1.69 bits per heavy atom. The maximum absolute atomic E-state index is 4.62. The Kier molecular flexibility index (Phi) is 2.89. The van der Waals surface area contributed by atoms with Crippen LogP contribution in [0.5, 0.6) is 0 Å². The van der Waals surface area contributed by atoms with Crippen LogP contribution in [-0.4, -0.2) is 29.3 Å². The smallest absolute Gasteiger partial charge is 0.213 e. The number of nitrogens with one attached hydrogen (secondary N) is 2. The molecule has 0 radical (unpaired) electrons. The molecule has 1 aliphatic heterocycles. The molecule has 0 bridgehead atoms. The predicted molar refractivity (Wildman–Crippen MR) is 47.0 cm³/mol. The maximum atomic E-state index is 4.62. The van der Waals surface area contributed by atoms with Gasteiger partial charge >= 0.3 is 0 Å². The molecular weight excluding hydrogens is 168 g/mol. The van der Waals surface area contributed by atoms with Crippen LogP contribution in [-0.2, 0) is 6.54 Å². The van der Waals surface area contributed by atoms with Crippen LogP contribution in [0.25, 0.3) is 0 Å². The summed E-state index contributed by atoms with van der Waals surface area (Å²) in [6.07, 6.45) is 3.90. The van der Waals surface area contributed by atoms with Gasteiger partial charge in [0, 0.05) is 12.6 Å². The quantitative estimate of drug-likeness (QED) is 0.681. The standard InChI is InChI=1S/C8H14N4O/c1-2-7(10-3-1)4-9-5-8-11-6-13-12-8/h6-7,9-10H,1-5H2. The molecule has 1 saturated heterocycles. The van der Waals surface area contributed by atoms with Gasteiger partial charge in [0.2, 0.25) is 6.39 Å². The summed E-state index contributed by atoms with van der Waals surface area (Å²) in [4.78, 5) is 3.92. The van der Waals surface area contributed by atoms with E-state index in [9.17, 15) is 0 Å². The summed E-state index contributed by atoms with van der Waals surface area (Å²) in [7, 11) is 0. The summed E-state index contributed by atoms with van der Waals surface area (Å²) < 4.78 is 4.62. The summed E-state index contributed by atoms with van der Waals surface area (Å²) in [6.45, 7) is 2.82. The van der Waals surface area contributed by atoms with E-state index in [2.05, 4.69) is 25.3 Å². The van der Waals surface area contributed by atoms with Crippen molar-refractivity contribution >= 4 is 0 Å². The van der Waals surface area contributed by atoms with Gasteiger partial charge in [0.15, 0.2) is 5.82 Å². The molecule has 5 heteroatoms. The lowest BCUT2D eigenvalue weighted by molar-refractivity contribution is 0.406. The van der Waals surface area contributed by atoms with Crippen LogP contribution >= 0.6 is 0 Å². The minimum absolute atomic E-state index is 0.618. The normalized spacial score (nSPS) is 22.3. The van der Waals surface area contributed by atoms with Gasteiger partial charge in [0.25, 0.3) is 0 Å². The van der Waals surface area contributed by atoms with Gasteiger partial charge in [0.05, 0.1) is 6.54 Å². The maximum Gasteiger partial charge on any atom is 0.213 e. The van der Waals surface area contributed by atoms with E-state index in [0.717, 1.165) is 18.9 Å². The van der Waals surface area contributed by atoms with E-state index in [1.54, 1.807) is 0 Å². The van der Waals surface area contributed by atoms with E-state index in [4.69, 9.17) is 0 Å². The molecular formula is C8H14N4O. The van der Waals surface area contributed by atoms with Crippen molar-refractivity contribution < 1.29 is 4.52 Å². The van der Waals surface area contributed by atoms with Crippen molar-refractivity contribution in [1.29, 1.82) is 0 Å². The largest absolute Gasteiger partial charge is 0.343 e. The molecule has 0 aromatic carbocycles. The Balaban J connectivity index is 1.63. The molecule has 0 spiro atoms. The van der Waals surface area contributed by atoms with Gasteiger partial charge in [-0.25, -0.2) is 0 Å². The van der Waals surface area contributed by atoms with Crippen molar-refractivity contribution in [1.82, 2.24) is 20.8 Å². The summed E-state index contributed by atoms with van der Waals surface area (Å²) >= 11 is 0. The van der Waals surface area contributed by atoms with Crippen LogP contribution < -0.4 is 10.6 Å². The summed E-state index contributed by atoms with van der Waals surface area (Å²) in [6, 6.07) is 0.618. The molecule has 1 atom stereocenters. The fraction of sp³-hybridized carbons (Fsp3) is 0.750. The number of hydrogen-bond donors (Lipinski definition) is 2. The Morgan fingerprint density at radius 2 is 2.69 bits per heavy atom. The van der Waals surface area contributed by atoms with Gasteiger partial charge < -0.3 is 15.2 Å². The molecule has 2 heterocycles. The van der Waals surface area contributed by atoms with Crippen LogP contribution in [0.15, 0.2) is 10.9 Å². The van der Waals surface area contributed by atoms with E-state index < -0.39 is 0 Å². The van der Waals surface area contributed by atoms with Gasteiger partial charge in [-0.05, 0) is 19.4 Å². The van der Waals surface area contributed by atoms with Crippen molar-refractivity contribution in [3.8, 4) is 0 Å². The Bertz CT molecular complexity index is 230. The predicted octanol–water partition coefficient (Wildman–Crippen LogP) is -0.0888. The second kappa shape index (κ2) is 4.34. The molecule has 1 fully saturated rings. The van der Waals surface area contributed by atoms with E-state index in [1.165, 1.54) is 19.2 Å². The van der Waals surface area contributed by atoms with Crippen LogP contribution in [0.4, 0.5) is 0 Å². The molecule has 1 aromatic rings. The highest BCUT2D eigenvalue weighted by Crippen LogP contribution is 2.03. The molecule has 0 amide bonds. The molecule has 1 aliphatic rings. The minimum Gasteiger partial charge on any atom is -0.343 e. The zero-order valence-corrected chi connectivity index (χ0v) is 7.49. The van der Waals surface area contributed by atoms with E-state index in [1.807, 2.05) is 0 Å². The van der Waals surface area contributed by atoms with Crippen LogP contribution in [0.3, 0.4) is 0 Å². The molecule has 72 valence electrons. The van der Waals surface area contributed by atoms with Gasteiger partial charge in [-0.3, -0.25) is 0 Å². The van der Waals surface area contributed by atoms with Gasteiger partial charge in [-0.2, -0.15) is 4.98 Å². The average molecular weight is 182 g/mol. The van der Waals surface area contributed by atoms with Crippen LogP contribution in [0.1, 0.15) is 18.7 Å². The second-order valence-electron chi connectivity index (χ2n) is 3.27. The Hall–Kier alpha value is -0.940. The second-order valence-corrected chi connectivity index (χ2v) is 3.27. The third-order valence-electron chi connectivity index (χ3n) is 2.24. The molecule has 13 heavy (non-hydrogen) atoms. The van der Waals surface area contributed by atoms with Crippen LogP contribution in [0.2, 0.25) is 0 Å². The van der Waals surface area contributed by atoms with Crippen molar-refractivity contribution in [2.75, 3.05) is 13.1 Å². The highest BCUT2D eigenvalue weighted by atomic mass is 16.5. The molecule has 1 aromatic heterocycles. The third kappa shape index (κ3) is 2.50. The van der Waals surface area contributed by atoms with Crippen molar-refractivity contribution in [3.63, 3.8) is 0 Å². The first-order valence-corrected chi connectivity index (χ1v) is 4.64. The average Bonchev–Trinajstić information content (AvgIpc) is 2.75. The monoisotopic (exact) mass is 182 g/mol. The number of rotatable bonds is 4. The zero-order chi connectivity index (χ0) is 8.93. The van der Waals surface area contributed by atoms with Crippen molar-refractivity contribution in [2.45, 2.75) is 25.4 Å².